The number of benzene rings is 1. The molecule has 0 aliphatic heterocycles. The highest BCUT2D eigenvalue weighted by Crippen LogP contribution is 2.25. The van der Waals surface area contributed by atoms with E-state index in [4.69, 9.17) is 0 Å². The summed E-state index contributed by atoms with van der Waals surface area (Å²) in [5.41, 5.74) is 0.908. The Hall–Kier alpha value is -1.07. The quantitative estimate of drug-likeness (QED) is 0.675. The Kier molecular flexibility index (Phi) is 7.75. The Bertz CT molecular complexity index is 381. The largest absolute Gasteiger partial charge is 0.415 e. The van der Waals surface area contributed by atoms with Gasteiger partial charge >= 0.3 is 6.18 Å². The average Bonchev–Trinajstić information content (AvgIpc) is 2.46. The molecule has 21 heavy (non-hydrogen) atoms. The fourth-order valence-electron chi connectivity index (χ4n) is 2.24. The minimum atomic E-state index is -4.58. The maximum absolute atomic E-state index is 12.7. The predicted molar refractivity (Wildman–Crippen MR) is 77.9 cm³/mol. The predicted octanol–water partition coefficient (Wildman–Crippen LogP) is 4.04. The molecule has 2 nitrogen and oxygen atoms in total. The van der Waals surface area contributed by atoms with Crippen LogP contribution in [0.4, 0.5) is 13.2 Å². The standard InChI is InChI=1S/C16H24F3NO/c1-2-3-4-8-11-14(15(21)16(17,18)19)20-12-13-9-6-5-7-10-13/h5-7,9-10,14-15,20-21H,2-4,8,11-12H2,1H3/t14-,15-/m1/s1. The van der Waals surface area contributed by atoms with E-state index in [1.165, 1.54) is 0 Å². The Morgan fingerprint density at radius 3 is 2.33 bits per heavy atom. The van der Waals surface area contributed by atoms with Crippen LogP contribution in [0.2, 0.25) is 0 Å². The van der Waals surface area contributed by atoms with Crippen LogP contribution in [-0.2, 0) is 6.54 Å². The second-order valence-electron chi connectivity index (χ2n) is 5.31. The lowest BCUT2D eigenvalue weighted by atomic mass is 10.0. The van der Waals surface area contributed by atoms with Gasteiger partial charge in [-0.3, -0.25) is 0 Å². The number of aliphatic hydroxyl groups is 1. The van der Waals surface area contributed by atoms with Crippen LogP contribution < -0.4 is 5.32 Å². The molecular weight excluding hydrogens is 279 g/mol. The van der Waals surface area contributed by atoms with Gasteiger partial charge in [-0.25, -0.2) is 0 Å². The Morgan fingerprint density at radius 1 is 1.10 bits per heavy atom. The van der Waals surface area contributed by atoms with Gasteiger partial charge in [0, 0.05) is 12.6 Å². The zero-order chi connectivity index (χ0) is 15.7. The van der Waals surface area contributed by atoms with Crippen LogP contribution in [0.25, 0.3) is 0 Å². The van der Waals surface area contributed by atoms with Crippen LogP contribution in [0.5, 0.6) is 0 Å². The molecule has 1 rings (SSSR count). The monoisotopic (exact) mass is 303 g/mol. The van der Waals surface area contributed by atoms with Crippen LogP contribution in [-0.4, -0.2) is 23.4 Å². The first kappa shape index (κ1) is 18.0. The summed E-state index contributed by atoms with van der Waals surface area (Å²) in [6.07, 6.45) is -2.95. The van der Waals surface area contributed by atoms with Crippen molar-refractivity contribution in [1.29, 1.82) is 0 Å². The van der Waals surface area contributed by atoms with Gasteiger partial charge in [-0.1, -0.05) is 62.9 Å². The van der Waals surface area contributed by atoms with E-state index in [1.807, 2.05) is 30.3 Å². The van der Waals surface area contributed by atoms with E-state index in [1.54, 1.807) is 0 Å². The van der Waals surface area contributed by atoms with Crippen LogP contribution in [0, 0.1) is 0 Å². The van der Waals surface area contributed by atoms with Crippen molar-refractivity contribution in [2.24, 2.45) is 0 Å². The topological polar surface area (TPSA) is 32.3 Å². The summed E-state index contributed by atoms with van der Waals surface area (Å²) in [5, 5.41) is 12.3. The molecule has 0 heterocycles. The molecule has 5 heteroatoms. The first-order valence-electron chi connectivity index (χ1n) is 7.47. The zero-order valence-electron chi connectivity index (χ0n) is 12.4. The van der Waals surface area contributed by atoms with Crippen LogP contribution in [0.15, 0.2) is 30.3 Å². The van der Waals surface area contributed by atoms with Gasteiger partial charge in [-0.2, -0.15) is 13.2 Å². The molecule has 2 N–H and O–H groups in total. The van der Waals surface area contributed by atoms with Crippen molar-refractivity contribution in [3.05, 3.63) is 35.9 Å². The maximum Gasteiger partial charge on any atom is 0.415 e. The molecule has 0 aliphatic carbocycles. The van der Waals surface area contributed by atoms with Crippen molar-refractivity contribution in [2.75, 3.05) is 0 Å². The first-order chi connectivity index (χ1) is 9.95. The summed E-state index contributed by atoms with van der Waals surface area (Å²) >= 11 is 0. The summed E-state index contributed by atoms with van der Waals surface area (Å²) in [4.78, 5) is 0. The van der Waals surface area contributed by atoms with Crippen molar-refractivity contribution < 1.29 is 18.3 Å². The molecule has 2 atom stereocenters. The lowest BCUT2D eigenvalue weighted by Gasteiger charge is -2.26. The molecule has 0 radical (unpaired) electrons. The molecule has 0 aromatic heterocycles. The van der Waals surface area contributed by atoms with E-state index in [0.29, 0.717) is 19.4 Å². The van der Waals surface area contributed by atoms with Gasteiger partial charge in [-0.15, -0.1) is 0 Å². The molecule has 120 valence electrons. The van der Waals surface area contributed by atoms with Crippen molar-refractivity contribution >= 4 is 0 Å². The number of nitrogens with one attached hydrogen (secondary N) is 1. The van der Waals surface area contributed by atoms with Crippen LogP contribution in [0.1, 0.15) is 44.6 Å². The molecule has 0 bridgehead atoms. The molecule has 0 spiro atoms. The molecule has 1 aromatic rings. The molecule has 0 aliphatic rings. The number of hydrogen-bond acceptors (Lipinski definition) is 2. The van der Waals surface area contributed by atoms with Gasteiger partial charge in [0.1, 0.15) is 0 Å². The van der Waals surface area contributed by atoms with Crippen molar-refractivity contribution in [2.45, 2.75) is 63.9 Å². The van der Waals surface area contributed by atoms with Crippen molar-refractivity contribution in [1.82, 2.24) is 5.32 Å². The van der Waals surface area contributed by atoms with E-state index in [-0.39, 0.29) is 0 Å². The highest BCUT2D eigenvalue weighted by molar-refractivity contribution is 5.14. The third-order valence-electron chi connectivity index (χ3n) is 3.50. The Morgan fingerprint density at radius 2 is 1.76 bits per heavy atom. The summed E-state index contributed by atoms with van der Waals surface area (Å²) in [6, 6.07) is 8.28. The summed E-state index contributed by atoms with van der Waals surface area (Å²) in [6.45, 7) is 2.38. The SMILES string of the molecule is CCCCCC[C@@H](NCc1ccccc1)[C@@H](O)C(F)(F)F. The van der Waals surface area contributed by atoms with Gasteiger partial charge in [0.2, 0.25) is 0 Å². The second-order valence-corrected chi connectivity index (χ2v) is 5.31. The van der Waals surface area contributed by atoms with Crippen LogP contribution >= 0.6 is 0 Å². The molecule has 0 saturated carbocycles. The summed E-state index contributed by atoms with van der Waals surface area (Å²) < 4.78 is 38.1. The fraction of sp³-hybridized carbons (Fsp3) is 0.625. The number of hydrogen-bond donors (Lipinski definition) is 2. The lowest BCUT2D eigenvalue weighted by molar-refractivity contribution is -0.213. The second kappa shape index (κ2) is 9.05. The zero-order valence-corrected chi connectivity index (χ0v) is 12.4. The molecule has 1 aromatic carbocycles. The maximum atomic E-state index is 12.7. The first-order valence-corrected chi connectivity index (χ1v) is 7.47. The number of rotatable bonds is 9. The van der Waals surface area contributed by atoms with E-state index in [0.717, 1.165) is 24.8 Å². The third kappa shape index (κ3) is 6.96. The molecule has 0 fully saturated rings. The smallest absolute Gasteiger partial charge is 0.382 e. The van der Waals surface area contributed by atoms with E-state index in [2.05, 4.69) is 12.2 Å². The minimum absolute atomic E-state index is 0.326. The van der Waals surface area contributed by atoms with E-state index < -0.39 is 18.3 Å². The summed E-state index contributed by atoms with van der Waals surface area (Å²) in [7, 11) is 0. The van der Waals surface area contributed by atoms with E-state index >= 15 is 0 Å². The van der Waals surface area contributed by atoms with E-state index in [9.17, 15) is 18.3 Å². The minimum Gasteiger partial charge on any atom is -0.382 e. The highest BCUT2D eigenvalue weighted by Gasteiger charge is 2.42. The van der Waals surface area contributed by atoms with Crippen molar-refractivity contribution in [3.63, 3.8) is 0 Å². The Labute approximate surface area is 124 Å². The normalized spacial score (nSPS) is 14.9. The van der Waals surface area contributed by atoms with Crippen LogP contribution in [0.3, 0.4) is 0 Å². The van der Waals surface area contributed by atoms with Gasteiger partial charge < -0.3 is 10.4 Å². The number of halogens is 3. The molecule has 0 saturated heterocycles. The molecular formula is C16H24F3NO. The van der Waals surface area contributed by atoms with Gasteiger partial charge in [0.25, 0.3) is 0 Å². The fourth-order valence-corrected chi connectivity index (χ4v) is 2.24. The van der Waals surface area contributed by atoms with Gasteiger partial charge in [0.15, 0.2) is 6.10 Å². The molecule has 0 amide bonds. The molecule has 0 unspecified atom stereocenters. The van der Waals surface area contributed by atoms with Gasteiger partial charge in [0.05, 0.1) is 0 Å². The third-order valence-corrected chi connectivity index (χ3v) is 3.50. The number of alkyl halides is 3. The van der Waals surface area contributed by atoms with Gasteiger partial charge in [-0.05, 0) is 12.0 Å². The summed E-state index contributed by atoms with van der Waals surface area (Å²) in [5.74, 6) is 0. The Balaban J connectivity index is 2.54. The number of aliphatic hydroxyl groups excluding tert-OH is 1. The van der Waals surface area contributed by atoms with Crippen molar-refractivity contribution in [3.8, 4) is 0 Å². The highest BCUT2D eigenvalue weighted by atomic mass is 19.4. The lowest BCUT2D eigenvalue weighted by Crippen LogP contribution is -2.47. The number of unbranched alkanes of at least 4 members (excludes halogenated alkanes) is 3. The average molecular weight is 303 g/mol.